The van der Waals surface area contributed by atoms with E-state index in [0.717, 1.165) is 34.3 Å². The standard InChI is InChI=1S/C35H42FN7O4/c1-5-16-42(17-15-38-23(3)44)35(46)31-12-10-26(20-43(31)21-28-29(36)7-6-8-32(28)47-4)39-34(45)25-9-11-30-27(19-25)33(41-40-30)24-13-14-37-22(2)18-24/h6-9,11,13-14,18-19,26,31H,5,10,12,15-17,20-21H2,1-4H3,(H,38,44)(H,39,45)(H,40,41). The number of H-pyrrole nitrogens is 1. The lowest BCUT2D eigenvalue weighted by molar-refractivity contribution is -0.139. The molecule has 5 rings (SSSR count). The lowest BCUT2D eigenvalue weighted by Gasteiger charge is -2.41. The number of aromatic amines is 1. The van der Waals surface area contributed by atoms with Crippen LogP contribution in [0.4, 0.5) is 4.39 Å². The van der Waals surface area contributed by atoms with E-state index in [-0.39, 0.29) is 30.3 Å². The zero-order valence-electron chi connectivity index (χ0n) is 27.3. The predicted molar refractivity (Wildman–Crippen MR) is 177 cm³/mol. The number of aromatic nitrogens is 3. The molecule has 12 heteroatoms. The number of benzene rings is 2. The van der Waals surface area contributed by atoms with E-state index in [1.807, 2.05) is 43.0 Å². The normalized spacial score (nSPS) is 16.5. The van der Waals surface area contributed by atoms with Gasteiger partial charge in [-0.3, -0.25) is 29.4 Å². The highest BCUT2D eigenvalue weighted by Gasteiger charge is 2.36. The number of nitrogens with one attached hydrogen (secondary N) is 3. The third-order valence-electron chi connectivity index (χ3n) is 8.52. The van der Waals surface area contributed by atoms with Gasteiger partial charge in [0.05, 0.1) is 18.7 Å². The molecule has 0 aliphatic carbocycles. The number of nitrogens with zero attached hydrogens (tertiary/aromatic N) is 4. The van der Waals surface area contributed by atoms with Crippen molar-refractivity contribution in [1.82, 2.24) is 35.6 Å². The molecule has 2 aromatic heterocycles. The van der Waals surface area contributed by atoms with E-state index >= 15 is 4.39 Å². The molecule has 0 saturated carbocycles. The van der Waals surface area contributed by atoms with Gasteiger partial charge in [0.25, 0.3) is 5.91 Å². The van der Waals surface area contributed by atoms with Crippen molar-refractivity contribution < 1.29 is 23.5 Å². The van der Waals surface area contributed by atoms with E-state index in [1.54, 1.807) is 29.3 Å². The van der Waals surface area contributed by atoms with E-state index in [4.69, 9.17) is 4.74 Å². The number of rotatable bonds is 12. The number of aryl methyl sites for hydroxylation is 1. The molecule has 248 valence electrons. The third kappa shape index (κ3) is 7.94. The van der Waals surface area contributed by atoms with Crippen LogP contribution in [0.15, 0.2) is 54.7 Å². The van der Waals surface area contributed by atoms with Crippen LogP contribution >= 0.6 is 0 Å². The Hall–Kier alpha value is -4.84. The summed E-state index contributed by atoms with van der Waals surface area (Å²) in [4.78, 5) is 47.0. The molecule has 3 heterocycles. The molecule has 1 saturated heterocycles. The Balaban J connectivity index is 1.37. The first-order valence-corrected chi connectivity index (χ1v) is 16.0. The second-order valence-corrected chi connectivity index (χ2v) is 11.9. The summed E-state index contributed by atoms with van der Waals surface area (Å²) in [6.07, 6.45) is 3.51. The van der Waals surface area contributed by atoms with Crippen LogP contribution in [0, 0.1) is 12.7 Å². The van der Waals surface area contributed by atoms with E-state index in [2.05, 4.69) is 25.8 Å². The van der Waals surface area contributed by atoms with Gasteiger partial charge in [-0.1, -0.05) is 13.0 Å². The van der Waals surface area contributed by atoms with Gasteiger partial charge >= 0.3 is 0 Å². The number of likely N-dealkylation sites (tertiary alicyclic amines) is 1. The van der Waals surface area contributed by atoms with Crippen molar-refractivity contribution in [1.29, 1.82) is 0 Å². The molecule has 2 atom stereocenters. The van der Waals surface area contributed by atoms with Crippen molar-refractivity contribution in [3.63, 3.8) is 0 Å². The fourth-order valence-corrected chi connectivity index (χ4v) is 6.22. The maximum absolute atomic E-state index is 15.1. The Bertz CT molecular complexity index is 1740. The number of ether oxygens (including phenoxy) is 1. The highest BCUT2D eigenvalue weighted by molar-refractivity contribution is 6.01. The molecule has 4 aromatic rings. The Kier molecular flexibility index (Phi) is 10.8. The van der Waals surface area contributed by atoms with Gasteiger partial charge < -0.3 is 20.3 Å². The predicted octanol–water partition coefficient (Wildman–Crippen LogP) is 4.22. The number of carbonyl (C=O) groups is 3. The summed E-state index contributed by atoms with van der Waals surface area (Å²) in [6, 6.07) is 13.1. The first-order chi connectivity index (χ1) is 22.7. The first kappa shape index (κ1) is 33.5. The molecular weight excluding hydrogens is 601 g/mol. The number of halogens is 1. The zero-order valence-corrected chi connectivity index (χ0v) is 27.3. The highest BCUT2D eigenvalue weighted by Crippen LogP contribution is 2.29. The molecular formula is C35H42FN7O4. The fraction of sp³-hybridized carbons (Fsp3) is 0.400. The molecule has 1 aliphatic heterocycles. The Morgan fingerprint density at radius 1 is 1.13 bits per heavy atom. The first-order valence-electron chi connectivity index (χ1n) is 16.0. The largest absolute Gasteiger partial charge is 0.496 e. The number of hydrogen-bond acceptors (Lipinski definition) is 7. The Morgan fingerprint density at radius 2 is 1.96 bits per heavy atom. The molecule has 47 heavy (non-hydrogen) atoms. The van der Waals surface area contributed by atoms with Crippen LogP contribution in [0.5, 0.6) is 5.75 Å². The van der Waals surface area contributed by atoms with Crippen molar-refractivity contribution >= 4 is 28.6 Å². The minimum absolute atomic E-state index is 0.0819. The summed E-state index contributed by atoms with van der Waals surface area (Å²) in [6.45, 7) is 7.06. The summed E-state index contributed by atoms with van der Waals surface area (Å²) in [5, 5.41) is 14.3. The molecule has 0 radical (unpaired) electrons. The Labute approximate surface area is 273 Å². The van der Waals surface area contributed by atoms with Crippen LogP contribution in [0.2, 0.25) is 0 Å². The smallest absolute Gasteiger partial charge is 0.251 e. The lowest BCUT2D eigenvalue weighted by atomic mass is 9.95. The van der Waals surface area contributed by atoms with E-state index < -0.39 is 11.9 Å². The molecule has 1 aliphatic rings. The average molecular weight is 644 g/mol. The second-order valence-electron chi connectivity index (χ2n) is 11.9. The molecule has 11 nitrogen and oxygen atoms in total. The molecule has 0 bridgehead atoms. The van der Waals surface area contributed by atoms with Crippen LogP contribution in [0.1, 0.15) is 54.7 Å². The lowest BCUT2D eigenvalue weighted by Crippen LogP contribution is -2.57. The van der Waals surface area contributed by atoms with Gasteiger partial charge in [0.15, 0.2) is 0 Å². The summed E-state index contributed by atoms with van der Waals surface area (Å²) in [5.74, 6) is -0.514. The SMILES string of the molecule is CCCN(CCNC(C)=O)C(=O)C1CCC(NC(=O)c2ccc3[nH]nc(-c4ccnc(C)c4)c3c2)CN1Cc1c(F)cccc1OC. The molecule has 3 N–H and O–H groups in total. The minimum Gasteiger partial charge on any atom is -0.496 e. The maximum Gasteiger partial charge on any atom is 0.251 e. The topological polar surface area (TPSA) is 133 Å². The van der Waals surface area contributed by atoms with Crippen LogP contribution < -0.4 is 15.4 Å². The minimum atomic E-state index is -0.537. The van der Waals surface area contributed by atoms with Gasteiger partial charge in [-0.2, -0.15) is 5.10 Å². The number of hydrogen-bond donors (Lipinski definition) is 3. The zero-order chi connectivity index (χ0) is 33.5. The highest BCUT2D eigenvalue weighted by atomic mass is 19.1. The number of amides is 3. The number of pyridine rings is 1. The van der Waals surface area contributed by atoms with Gasteiger partial charge in [-0.25, -0.2) is 4.39 Å². The number of methoxy groups -OCH3 is 1. The van der Waals surface area contributed by atoms with E-state index in [9.17, 15) is 14.4 Å². The molecule has 0 spiro atoms. The molecule has 2 aromatic carbocycles. The summed E-state index contributed by atoms with van der Waals surface area (Å²) in [7, 11) is 1.49. The Morgan fingerprint density at radius 3 is 2.70 bits per heavy atom. The third-order valence-corrected chi connectivity index (χ3v) is 8.52. The summed E-state index contributed by atoms with van der Waals surface area (Å²) < 4.78 is 20.6. The number of fused-ring (bicyclic) bond motifs is 1. The molecule has 3 amide bonds. The van der Waals surface area contributed by atoms with Gasteiger partial charge in [0, 0.05) is 79.7 Å². The van der Waals surface area contributed by atoms with Crippen molar-refractivity contribution in [2.24, 2.45) is 0 Å². The van der Waals surface area contributed by atoms with Crippen molar-refractivity contribution in [3.05, 3.63) is 77.4 Å². The molecule has 2 unspecified atom stereocenters. The van der Waals surface area contributed by atoms with Crippen LogP contribution in [0.25, 0.3) is 22.2 Å². The quantitative estimate of drug-likeness (QED) is 0.211. The van der Waals surface area contributed by atoms with Crippen LogP contribution in [0.3, 0.4) is 0 Å². The van der Waals surface area contributed by atoms with Gasteiger partial charge in [0.2, 0.25) is 11.8 Å². The van der Waals surface area contributed by atoms with E-state index in [1.165, 1.54) is 20.1 Å². The molecule has 1 fully saturated rings. The second kappa shape index (κ2) is 15.2. The van der Waals surface area contributed by atoms with Crippen molar-refractivity contribution in [2.45, 2.75) is 58.7 Å². The number of carbonyl (C=O) groups excluding carboxylic acids is 3. The fourth-order valence-electron chi connectivity index (χ4n) is 6.22. The maximum atomic E-state index is 15.1. The summed E-state index contributed by atoms with van der Waals surface area (Å²) in [5.41, 5.74) is 4.15. The summed E-state index contributed by atoms with van der Waals surface area (Å²) >= 11 is 0. The van der Waals surface area contributed by atoms with Gasteiger partial charge in [-0.15, -0.1) is 0 Å². The van der Waals surface area contributed by atoms with Crippen molar-refractivity contribution in [2.75, 3.05) is 33.3 Å². The van der Waals surface area contributed by atoms with Crippen LogP contribution in [-0.2, 0) is 16.1 Å². The monoisotopic (exact) mass is 643 g/mol. The number of piperidine rings is 1. The van der Waals surface area contributed by atoms with Crippen LogP contribution in [-0.4, -0.2) is 88.1 Å². The van der Waals surface area contributed by atoms with Crippen molar-refractivity contribution in [3.8, 4) is 17.0 Å². The van der Waals surface area contributed by atoms with Gasteiger partial charge in [-0.05, 0) is 68.7 Å². The average Bonchev–Trinajstić information content (AvgIpc) is 3.48. The van der Waals surface area contributed by atoms with E-state index in [0.29, 0.717) is 55.9 Å². The van der Waals surface area contributed by atoms with Gasteiger partial charge in [0.1, 0.15) is 17.3 Å².